The van der Waals surface area contributed by atoms with E-state index in [0.29, 0.717) is 38.3 Å². The number of benzene rings is 1. The first kappa shape index (κ1) is 21.1. The second-order valence-corrected chi connectivity index (χ2v) is 8.55. The largest absolute Gasteiger partial charge is 0.339 e. The molecule has 0 bridgehead atoms. The fraction of sp³-hybridized carbons (Fsp3) is 0.292. The highest BCUT2D eigenvalue weighted by Crippen LogP contribution is 2.21. The van der Waals surface area contributed by atoms with Gasteiger partial charge in [0.15, 0.2) is 0 Å². The highest BCUT2D eigenvalue weighted by molar-refractivity contribution is 7.13. The topological polar surface area (TPSA) is 73.5 Å². The molecule has 3 aromatic rings. The molecule has 4 rings (SSSR count). The van der Waals surface area contributed by atoms with Crippen molar-refractivity contribution in [3.63, 3.8) is 0 Å². The third-order valence-electron chi connectivity index (χ3n) is 5.55. The fourth-order valence-electron chi connectivity index (χ4n) is 3.79. The first-order chi connectivity index (χ1) is 15.1. The van der Waals surface area contributed by atoms with Crippen LogP contribution in [-0.4, -0.2) is 52.8 Å². The van der Waals surface area contributed by atoms with Crippen molar-refractivity contribution >= 4 is 23.2 Å². The Bertz CT molecular complexity index is 1080. The Morgan fingerprint density at radius 1 is 0.903 bits per heavy atom. The Morgan fingerprint density at radius 2 is 1.65 bits per heavy atom. The number of H-pyrrole nitrogens is 1. The SMILES string of the molecule is O=C(CCCc1ccccc1)N1CCN(C(=O)c2ccc(-c3cccs3)[nH]c2=O)CC1. The summed E-state index contributed by atoms with van der Waals surface area (Å²) in [6.07, 6.45) is 2.20. The number of hydrogen-bond donors (Lipinski definition) is 1. The summed E-state index contributed by atoms with van der Waals surface area (Å²) in [5.41, 5.74) is 1.71. The lowest BCUT2D eigenvalue weighted by Gasteiger charge is -2.34. The number of rotatable bonds is 6. The minimum Gasteiger partial charge on any atom is -0.339 e. The molecular weight excluding hydrogens is 410 g/mol. The van der Waals surface area contributed by atoms with E-state index >= 15 is 0 Å². The van der Waals surface area contributed by atoms with Gasteiger partial charge in [-0.25, -0.2) is 0 Å². The van der Waals surface area contributed by atoms with E-state index in [-0.39, 0.29) is 22.9 Å². The van der Waals surface area contributed by atoms with Crippen molar-refractivity contribution in [3.05, 3.63) is 81.5 Å². The Kier molecular flexibility index (Phi) is 6.62. The molecule has 0 unspecified atom stereocenters. The summed E-state index contributed by atoms with van der Waals surface area (Å²) in [4.78, 5) is 45.0. The molecule has 160 valence electrons. The molecule has 1 aliphatic rings. The molecule has 1 saturated heterocycles. The molecular formula is C24H25N3O3S. The van der Waals surface area contributed by atoms with E-state index in [1.54, 1.807) is 17.0 Å². The van der Waals surface area contributed by atoms with Crippen LogP contribution in [0.5, 0.6) is 0 Å². The van der Waals surface area contributed by atoms with Crippen LogP contribution in [0.4, 0.5) is 0 Å². The first-order valence-electron chi connectivity index (χ1n) is 10.5. The van der Waals surface area contributed by atoms with Gasteiger partial charge < -0.3 is 14.8 Å². The Balaban J connectivity index is 1.28. The number of aromatic amines is 1. The first-order valence-corrected chi connectivity index (χ1v) is 11.4. The summed E-state index contributed by atoms with van der Waals surface area (Å²) < 4.78 is 0. The molecule has 1 aromatic carbocycles. The zero-order chi connectivity index (χ0) is 21.6. The van der Waals surface area contributed by atoms with Crippen LogP contribution in [0.1, 0.15) is 28.8 Å². The molecule has 1 fully saturated rings. The lowest BCUT2D eigenvalue weighted by atomic mass is 10.1. The second kappa shape index (κ2) is 9.75. The summed E-state index contributed by atoms with van der Waals surface area (Å²) in [6.45, 7) is 1.88. The van der Waals surface area contributed by atoms with Gasteiger partial charge in [-0.05, 0) is 42.0 Å². The maximum atomic E-state index is 12.8. The number of carbonyl (C=O) groups is 2. The summed E-state index contributed by atoms with van der Waals surface area (Å²) in [7, 11) is 0. The van der Waals surface area contributed by atoms with Gasteiger partial charge in [0.2, 0.25) is 5.91 Å². The maximum absolute atomic E-state index is 12.8. The minimum atomic E-state index is -0.379. The number of piperazine rings is 1. The monoisotopic (exact) mass is 435 g/mol. The van der Waals surface area contributed by atoms with Crippen molar-refractivity contribution in [1.82, 2.24) is 14.8 Å². The number of nitrogens with zero attached hydrogens (tertiary/aromatic N) is 2. The van der Waals surface area contributed by atoms with Crippen LogP contribution < -0.4 is 5.56 Å². The molecule has 3 heterocycles. The van der Waals surface area contributed by atoms with E-state index < -0.39 is 0 Å². The zero-order valence-corrected chi connectivity index (χ0v) is 18.1. The van der Waals surface area contributed by atoms with Gasteiger partial charge in [-0.3, -0.25) is 14.4 Å². The van der Waals surface area contributed by atoms with E-state index in [2.05, 4.69) is 17.1 Å². The van der Waals surface area contributed by atoms with Crippen molar-refractivity contribution in [2.75, 3.05) is 26.2 Å². The molecule has 2 aromatic heterocycles. The minimum absolute atomic E-state index is 0.126. The molecule has 0 saturated carbocycles. The van der Waals surface area contributed by atoms with Crippen LogP contribution in [0.25, 0.3) is 10.6 Å². The summed E-state index contributed by atoms with van der Waals surface area (Å²) >= 11 is 1.53. The van der Waals surface area contributed by atoms with Crippen LogP contribution in [0.3, 0.4) is 0 Å². The maximum Gasteiger partial charge on any atom is 0.261 e. The van der Waals surface area contributed by atoms with Crippen molar-refractivity contribution in [2.24, 2.45) is 0 Å². The lowest BCUT2D eigenvalue weighted by molar-refractivity contribution is -0.132. The highest BCUT2D eigenvalue weighted by atomic mass is 32.1. The molecule has 6 nitrogen and oxygen atoms in total. The molecule has 0 atom stereocenters. The molecule has 7 heteroatoms. The van der Waals surface area contributed by atoms with Gasteiger partial charge in [0.25, 0.3) is 11.5 Å². The molecule has 0 radical (unpaired) electrons. The smallest absolute Gasteiger partial charge is 0.261 e. The van der Waals surface area contributed by atoms with Gasteiger partial charge in [-0.15, -0.1) is 11.3 Å². The van der Waals surface area contributed by atoms with Crippen LogP contribution in [0.2, 0.25) is 0 Å². The number of aromatic nitrogens is 1. The molecule has 0 spiro atoms. The Hall–Kier alpha value is -3.19. The molecule has 1 aliphatic heterocycles. The van der Waals surface area contributed by atoms with Crippen LogP contribution in [-0.2, 0) is 11.2 Å². The molecule has 0 aliphatic carbocycles. The van der Waals surface area contributed by atoms with Gasteiger partial charge in [0.05, 0.1) is 10.6 Å². The summed E-state index contributed by atoms with van der Waals surface area (Å²) in [5, 5.41) is 1.94. The fourth-order valence-corrected chi connectivity index (χ4v) is 4.50. The van der Waals surface area contributed by atoms with E-state index in [1.165, 1.54) is 16.9 Å². The van der Waals surface area contributed by atoms with E-state index in [4.69, 9.17) is 0 Å². The molecule has 1 N–H and O–H groups in total. The summed E-state index contributed by atoms with van der Waals surface area (Å²) in [6, 6.07) is 17.4. The second-order valence-electron chi connectivity index (χ2n) is 7.60. The van der Waals surface area contributed by atoms with Crippen LogP contribution in [0.15, 0.2) is 64.8 Å². The van der Waals surface area contributed by atoms with Gasteiger partial charge in [0.1, 0.15) is 5.56 Å². The summed E-state index contributed by atoms with van der Waals surface area (Å²) in [5.74, 6) is -0.156. The van der Waals surface area contributed by atoms with Gasteiger partial charge in [-0.2, -0.15) is 0 Å². The molecule has 31 heavy (non-hydrogen) atoms. The van der Waals surface area contributed by atoms with Crippen LogP contribution in [0, 0.1) is 0 Å². The standard InChI is InChI=1S/C24H25N3O3S/c28-22(10-4-8-18-6-2-1-3-7-18)26-13-15-27(16-14-26)24(30)19-11-12-20(25-23(19)29)21-9-5-17-31-21/h1-3,5-7,9,11-12,17H,4,8,10,13-16H2,(H,25,29). The third-order valence-corrected chi connectivity index (χ3v) is 6.45. The predicted octanol–water partition coefficient (Wildman–Crippen LogP) is 3.41. The van der Waals surface area contributed by atoms with Gasteiger partial charge in [0, 0.05) is 32.6 Å². The normalized spacial score (nSPS) is 13.9. The van der Waals surface area contributed by atoms with E-state index in [9.17, 15) is 14.4 Å². The number of hydrogen-bond acceptors (Lipinski definition) is 4. The van der Waals surface area contributed by atoms with Crippen molar-refractivity contribution in [3.8, 4) is 10.6 Å². The van der Waals surface area contributed by atoms with Crippen LogP contribution >= 0.6 is 11.3 Å². The van der Waals surface area contributed by atoms with Crippen molar-refractivity contribution < 1.29 is 9.59 Å². The number of nitrogens with one attached hydrogen (secondary N) is 1. The molecule has 2 amide bonds. The highest BCUT2D eigenvalue weighted by Gasteiger charge is 2.26. The predicted molar refractivity (Wildman–Crippen MR) is 122 cm³/mol. The number of amides is 2. The third kappa shape index (κ3) is 5.11. The Labute approximate surface area is 185 Å². The van der Waals surface area contributed by atoms with Gasteiger partial charge in [-0.1, -0.05) is 36.4 Å². The number of carbonyl (C=O) groups excluding carboxylic acids is 2. The van der Waals surface area contributed by atoms with Crippen molar-refractivity contribution in [2.45, 2.75) is 19.3 Å². The Morgan fingerprint density at radius 3 is 2.32 bits per heavy atom. The number of pyridine rings is 1. The number of aryl methyl sites for hydroxylation is 1. The van der Waals surface area contributed by atoms with Gasteiger partial charge >= 0.3 is 0 Å². The lowest BCUT2D eigenvalue weighted by Crippen LogP contribution is -2.51. The average molecular weight is 436 g/mol. The van der Waals surface area contributed by atoms with E-state index in [1.807, 2.05) is 40.6 Å². The quantitative estimate of drug-likeness (QED) is 0.645. The van der Waals surface area contributed by atoms with Crippen molar-refractivity contribution in [1.29, 1.82) is 0 Å². The van der Waals surface area contributed by atoms with E-state index in [0.717, 1.165) is 17.7 Å². The average Bonchev–Trinajstić information content (AvgIpc) is 3.34. The zero-order valence-electron chi connectivity index (χ0n) is 17.3. The number of thiophene rings is 1.